The highest BCUT2D eigenvalue weighted by molar-refractivity contribution is 5.77. The lowest BCUT2D eigenvalue weighted by Gasteiger charge is -2.36. The smallest absolute Gasteiger partial charge is 0.218 e. The lowest BCUT2D eigenvalue weighted by atomic mass is 10.0. The highest BCUT2D eigenvalue weighted by atomic mass is 19.1. The van der Waals surface area contributed by atoms with Crippen LogP contribution in [0.1, 0.15) is 25.8 Å². The van der Waals surface area contributed by atoms with Gasteiger partial charge in [-0.15, -0.1) is 5.92 Å². The summed E-state index contributed by atoms with van der Waals surface area (Å²) in [6.45, 7) is 12.2. The number of hydrogen-bond donors (Lipinski definition) is 3. The van der Waals surface area contributed by atoms with Gasteiger partial charge in [0.2, 0.25) is 5.91 Å². The summed E-state index contributed by atoms with van der Waals surface area (Å²) in [5, 5.41) is 15.4. The first-order valence-electron chi connectivity index (χ1n) is 11.4. The van der Waals surface area contributed by atoms with Crippen molar-refractivity contribution in [2.75, 3.05) is 57.9 Å². The van der Waals surface area contributed by atoms with Crippen molar-refractivity contribution in [1.29, 1.82) is 0 Å². The molecule has 1 aromatic rings. The summed E-state index contributed by atoms with van der Waals surface area (Å²) in [4.78, 5) is 17.6. The predicted molar refractivity (Wildman–Crippen MR) is 136 cm³/mol. The average molecular weight is 470 g/mol. The van der Waals surface area contributed by atoms with E-state index >= 15 is 0 Å². The van der Waals surface area contributed by atoms with Crippen LogP contribution in [0.5, 0.6) is 0 Å². The summed E-state index contributed by atoms with van der Waals surface area (Å²) in [6.07, 6.45) is 6.41. The number of rotatable bonds is 11. The third kappa shape index (κ3) is 8.83. The molecule has 0 atom stereocenters. The molecule has 0 saturated carbocycles. The van der Waals surface area contributed by atoms with E-state index in [1.54, 1.807) is 12.1 Å². The fourth-order valence-corrected chi connectivity index (χ4v) is 3.67. The molecule has 0 spiro atoms. The molecular formula is C26H36FN5O2. The number of aliphatic hydroxyl groups excluding tert-OH is 1. The number of benzene rings is 1. The number of anilines is 1. The van der Waals surface area contributed by atoms with E-state index in [2.05, 4.69) is 43.8 Å². The number of amides is 1. The number of allylic oxidation sites excluding steroid dienone is 2. The van der Waals surface area contributed by atoms with E-state index in [0.29, 0.717) is 16.8 Å². The number of carbonyl (C=O) groups is 1. The lowest BCUT2D eigenvalue weighted by molar-refractivity contribution is -0.119. The van der Waals surface area contributed by atoms with Gasteiger partial charge in [-0.3, -0.25) is 9.69 Å². The highest BCUT2D eigenvalue weighted by Gasteiger charge is 2.20. The Morgan fingerprint density at radius 3 is 2.68 bits per heavy atom. The van der Waals surface area contributed by atoms with Crippen molar-refractivity contribution < 1.29 is 14.3 Å². The number of aliphatic hydroxyl groups is 1. The Labute approximate surface area is 202 Å². The van der Waals surface area contributed by atoms with Gasteiger partial charge in [-0.1, -0.05) is 18.6 Å². The van der Waals surface area contributed by atoms with Crippen molar-refractivity contribution >= 4 is 17.2 Å². The first-order valence-corrected chi connectivity index (χ1v) is 11.4. The largest absolute Gasteiger partial charge is 0.508 e. The minimum absolute atomic E-state index is 0.178. The molecule has 184 valence electrons. The Hall–Kier alpha value is -3.44. The molecule has 3 N–H and O–H groups in total. The van der Waals surface area contributed by atoms with Crippen molar-refractivity contribution in [3.05, 3.63) is 60.4 Å². The van der Waals surface area contributed by atoms with Crippen LogP contribution in [0.25, 0.3) is 5.57 Å². The van der Waals surface area contributed by atoms with E-state index < -0.39 is 0 Å². The molecule has 1 heterocycles. The molecule has 1 aliphatic heterocycles. The number of carbonyl (C=O) groups excluding carboxylic acids is 1. The van der Waals surface area contributed by atoms with Crippen molar-refractivity contribution in [3.8, 4) is 11.8 Å². The lowest BCUT2D eigenvalue weighted by Crippen LogP contribution is -2.47. The zero-order valence-electron chi connectivity index (χ0n) is 20.4. The van der Waals surface area contributed by atoms with Gasteiger partial charge in [0.25, 0.3) is 0 Å². The molecule has 0 unspecified atom stereocenters. The minimum atomic E-state index is -0.344. The summed E-state index contributed by atoms with van der Waals surface area (Å²) in [6, 6.07) is 4.91. The van der Waals surface area contributed by atoms with Crippen molar-refractivity contribution in [2.45, 2.75) is 20.3 Å². The molecule has 34 heavy (non-hydrogen) atoms. The average Bonchev–Trinajstić information content (AvgIpc) is 2.79. The minimum Gasteiger partial charge on any atom is -0.508 e. The maximum absolute atomic E-state index is 15.0. The molecule has 0 radical (unpaired) electrons. The maximum Gasteiger partial charge on any atom is 0.218 e. The molecular weight excluding hydrogens is 433 g/mol. The van der Waals surface area contributed by atoms with Crippen molar-refractivity contribution in [2.24, 2.45) is 0 Å². The number of nitrogens with one attached hydrogen (secondary N) is 2. The molecule has 1 fully saturated rings. The molecule has 2 rings (SSSR count). The molecule has 1 amide bonds. The first-order chi connectivity index (χ1) is 16.3. The van der Waals surface area contributed by atoms with Gasteiger partial charge in [-0.25, -0.2) is 4.39 Å². The fraction of sp³-hybridized carbons (Fsp3) is 0.423. The fourth-order valence-electron chi connectivity index (χ4n) is 3.67. The summed E-state index contributed by atoms with van der Waals surface area (Å²) in [5.74, 6) is 5.06. The van der Waals surface area contributed by atoms with Gasteiger partial charge >= 0.3 is 0 Å². The number of piperazine rings is 1. The van der Waals surface area contributed by atoms with E-state index in [0.717, 1.165) is 45.7 Å². The van der Waals surface area contributed by atoms with Crippen LogP contribution >= 0.6 is 0 Å². The van der Waals surface area contributed by atoms with Crippen LogP contribution < -0.4 is 15.5 Å². The van der Waals surface area contributed by atoms with E-state index in [-0.39, 0.29) is 24.2 Å². The first kappa shape index (κ1) is 26.8. The third-order valence-corrected chi connectivity index (χ3v) is 5.51. The van der Waals surface area contributed by atoms with Crippen LogP contribution in [0.3, 0.4) is 0 Å². The second kappa shape index (κ2) is 14.0. The molecule has 7 nitrogen and oxygen atoms in total. The number of halogens is 1. The Bertz CT molecular complexity index is 956. The van der Waals surface area contributed by atoms with Crippen LogP contribution in [-0.4, -0.2) is 73.8 Å². The zero-order chi connectivity index (χ0) is 24.9. The van der Waals surface area contributed by atoms with E-state index in [1.807, 2.05) is 26.2 Å². The molecule has 1 aromatic carbocycles. The Morgan fingerprint density at radius 1 is 1.32 bits per heavy atom. The van der Waals surface area contributed by atoms with Gasteiger partial charge in [-0.05, 0) is 37.6 Å². The van der Waals surface area contributed by atoms with E-state index in [4.69, 9.17) is 0 Å². The molecule has 1 aliphatic rings. The Kier molecular flexibility index (Phi) is 11.0. The summed E-state index contributed by atoms with van der Waals surface area (Å²) >= 11 is 0. The molecule has 0 aromatic heterocycles. The van der Waals surface area contributed by atoms with Gasteiger partial charge < -0.3 is 25.5 Å². The molecule has 1 saturated heterocycles. The number of nitrogens with zero attached hydrogens (tertiary/aromatic N) is 3. The van der Waals surface area contributed by atoms with Crippen LogP contribution in [0.2, 0.25) is 0 Å². The standard InChI is InChI=1S/C26H36FN5O2/c1-5-6-7-11-30(4)12-8-13-31-14-16-32(17-15-31)26-10-9-23(18-25(26)27)24(21(2)33)19-28-20-29-22(3)34/h7,9-11,18-19,28,33H,2,8,12-17,20H2,1,3-4H3,(H,29,34)/b11-7-,24-19+. The Morgan fingerprint density at radius 2 is 2.06 bits per heavy atom. The zero-order valence-corrected chi connectivity index (χ0v) is 20.4. The highest BCUT2D eigenvalue weighted by Crippen LogP contribution is 2.27. The topological polar surface area (TPSA) is 71.1 Å². The van der Waals surface area contributed by atoms with E-state index in [1.165, 1.54) is 19.2 Å². The van der Waals surface area contributed by atoms with Crippen molar-refractivity contribution in [1.82, 2.24) is 20.4 Å². The van der Waals surface area contributed by atoms with Crippen LogP contribution in [-0.2, 0) is 4.79 Å². The monoisotopic (exact) mass is 469 g/mol. The SMILES string of the molecule is C=C(O)/C(=C\NCNC(C)=O)c1ccc(N2CCN(CCCN(C)/C=C\C#CC)CC2)c(F)c1. The second-order valence-corrected chi connectivity index (χ2v) is 8.16. The summed E-state index contributed by atoms with van der Waals surface area (Å²) < 4.78 is 15.0. The maximum atomic E-state index is 15.0. The third-order valence-electron chi connectivity index (χ3n) is 5.51. The van der Waals surface area contributed by atoms with Crippen LogP contribution in [0, 0.1) is 17.7 Å². The van der Waals surface area contributed by atoms with Crippen LogP contribution in [0.15, 0.2) is 49.0 Å². The quantitative estimate of drug-likeness (QED) is 0.152. The molecule has 0 aliphatic carbocycles. The molecule has 8 heteroatoms. The van der Waals surface area contributed by atoms with Gasteiger partial charge in [0.15, 0.2) is 0 Å². The normalized spacial score (nSPS) is 14.5. The van der Waals surface area contributed by atoms with E-state index in [9.17, 15) is 14.3 Å². The molecule has 0 bridgehead atoms. The number of hydrogen-bond acceptors (Lipinski definition) is 6. The Balaban J connectivity index is 1.89. The van der Waals surface area contributed by atoms with Gasteiger partial charge in [0, 0.05) is 70.7 Å². The summed E-state index contributed by atoms with van der Waals surface area (Å²) in [7, 11) is 2.05. The predicted octanol–water partition coefficient (Wildman–Crippen LogP) is 2.90. The van der Waals surface area contributed by atoms with Gasteiger partial charge in [-0.2, -0.15) is 0 Å². The summed E-state index contributed by atoms with van der Waals surface area (Å²) in [5.41, 5.74) is 1.42. The van der Waals surface area contributed by atoms with Gasteiger partial charge in [0.05, 0.1) is 12.4 Å². The van der Waals surface area contributed by atoms with Crippen LogP contribution in [0.4, 0.5) is 10.1 Å². The second-order valence-electron chi connectivity index (χ2n) is 8.16. The van der Waals surface area contributed by atoms with Gasteiger partial charge in [0.1, 0.15) is 11.6 Å². The van der Waals surface area contributed by atoms with Crippen molar-refractivity contribution in [3.63, 3.8) is 0 Å².